The Morgan fingerprint density at radius 1 is 1.00 bits per heavy atom. The maximum atomic E-state index is 11.8. The van der Waals surface area contributed by atoms with Crippen LogP contribution in [0.4, 0.5) is 5.69 Å². The summed E-state index contributed by atoms with van der Waals surface area (Å²) in [6, 6.07) is 12.4. The number of amides is 1. The van der Waals surface area contributed by atoms with Crippen molar-refractivity contribution in [3.8, 4) is 5.75 Å². The molecule has 0 saturated carbocycles. The van der Waals surface area contributed by atoms with Crippen LogP contribution in [0, 0.1) is 0 Å². The second kappa shape index (κ2) is 8.66. The minimum Gasteiger partial charge on any atom is -0.494 e. The van der Waals surface area contributed by atoms with E-state index in [1.165, 1.54) is 16.8 Å². The smallest absolute Gasteiger partial charge is 0.252 e. The van der Waals surface area contributed by atoms with Gasteiger partial charge in [0.05, 0.1) is 19.8 Å². The molecular weight excluding hydrogens is 378 g/mol. The molecule has 1 fully saturated rings. The number of ether oxygens (including phenoxy) is 2. The molecule has 3 aliphatic rings. The fourth-order valence-electron chi connectivity index (χ4n) is 4.60. The number of fused-ring (bicyclic) bond motifs is 2. The molecule has 1 saturated heterocycles. The number of hydrogen-bond acceptors (Lipinski definition) is 5. The van der Waals surface area contributed by atoms with Gasteiger partial charge in [-0.3, -0.25) is 9.69 Å². The van der Waals surface area contributed by atoms with Gasteiger partial charge in [-0.05, 0) is 48.7 Å². The van der Waals surface area contributed by atoms with Crippen molar-refractivity contribution in [1.82, 2.24) is 10.2 Å². The molecule has 0 unspecified atom stereocenters. The molecule has 6 nitrogen and oxygen atoms in total. The van der Waals surface area contributed by atoms with Crippen LogP contribution in [0.25, 0.3) is 0 Å². The van der Waals surface area contributed by atoms with E-state index in [0.717, 1.165) is 75.7 Å². The van der Waals surface area contributed by atoms with Gasteiger partial charge in [-0.1, -0.05) is 18.2 Å². The molecule has 0 bridgehead atoms. The minimum atomic E-state index is 0.00239. The maximum absolute atomic E-state index is 11.8. The predicted molar refractivity (Wildman–Crippen MR) is 116 cm³/mol. The van der Waals surface area contributed by atoms with E-state index >= 15 is 0 Å². The SMILES string of the molecule is O=C1NCc2ccc(OCCCCN3CCN(c4cccc5c4COC5)CC3)cc21. The first-order valence-electron chi connectivity index (χ1n) is 11.0. The minimum absolute atomic E-state index is 0.00239. The maximum Gasteiger partial charge on any atom is 0.252 e. The molecule has 2 aromatic rings. The summed E-state index contributed by atoms with van der Waals surface area (Å²) in [5, 5.41) is 2.84. The van der Waals surface area contributed by atoms with Crippen molar-refractivity contribution in [2.24, 2.45) is 0 Å². The molecule has 6 heteroatoms. The summed E-state index contributed by atoms with van der Waals surface area (Å²) in [6.45, 7) is 8.29. The number of anilines is 1. The monoisotopic (exact) mass is 407 g/mol. The number of piperazine rings is 1. The van der Waals surface area contributed by atoms with Crippen LogP contribution in [0.5, 0.6) is 5.75 Å². The van der Waals surface area contributed by atoms with E-state index < -0.39 is 0 Å². The van der Waals surface area contributed by atoms with Crippen LogP contribution in [-0.4, -0.2) is 50.1 Å². The molecule has 0 aromatic heterocycles. The van der Waals surface area contributed by atoms with Gasteiger partial charge in [-0.15, -0.1) is 0 Å². The molecule has 0 aliphatic carbocycles. The number of hydrogen-bond donors (Lipinski definition) is 1. The van der Waals surface area contributed by atoms with Crippen LogP contribution < -0.4 is 15.0 Å². The summed E-state index contributed by atoms with van der Waals surface area (Å²) in [7, 11) is 0. The number of nitrogens with one attached hydrogen (secondary N) is 1. The van der Waals surface area contributed by atoms with E-state index in [2.05, 4.69) is 33.3 Å². The van der Waals surface area contributed by atoms with E-state index in [4.69, 9.17) is 9.47 Å². The molecule has 158 valence electrons. The van der Waals surface area contributed by atoms with Crippen LogP contribution in [0.3, 0.4) is 0 Å². The molecule has 0 atom stereocenters. The fraction of sp³-hybridized carbons (Fsp3) is 0.458. The number of nitrogens with zero attached hydrogens (tertiary/aromatic N) is 2. The first-order chi connectivity index (χ1) is 14.8. The first-order valence-corrected chi connectivity index (χ1v) is 11.0. The quantitative estimate of drug-likeness (QED) is 0.716. The molecule has 30 heavy (non-hydrogen) atoms. The van der Waals surface area contributed by atoms with Crippen molar-refractivity contribution in [3.63, 3.8) is 0 Å². The van der Waals surface area contributed by atoms with Crippen molar-refractivity contribution in [2.45, 2.75) is 32.6 Å². The van der Waals surface area contributed by atoms with Crippen LogP contribution in [0.15, 0.2) is 36.4 Å². The van der Waals surface area contributed by atoms with E-state index in [1.807, 2.05) is 18.2 Å². The van der Waals surface area contributed by atoms with Gasteiger partial charge in [0.2, 0.25) is 0 Å². The van der Waals surface area contributed by atoms with Gasteiger partial charge in [0, 0.05) is 49.5 Å². The number of unbranched alkanes of at least 4 members (excludes halogenated alkanes) is 1. The molecule has 0 spiro atoms. The zero-order chi connectivity index (χ0) is 20.3. The summed E-state index contributed by atoms with van der Waals surface area (Å²) in [6.07, 6.45) is 2.15. The van der Waals surface area contributed by atoms with Gasteiger partial charge >= 0.3 is 0 Å². The molecule has 5 rings (SSSR count). The standard InChI is InChI=1S/C24H29N3O3/c28-24-21-14-20(7-6-18(21)15-25-24)30-13-2-1-8-26-9-11-27(12-10-26)23-5-3-4-19-16-29-17-22(19)23/h3-7,14H,1-2,8-13,15-17H2,(H,25,28). The first kappa shape index (κ1) is 19.4. The van der Waals surface area contributed by atoms with Crippen molar-refractivity contribution >= 4 is 11.6 Å². The Hall–Kier alpha value is -2.57. The third-order valence-electron chi connectivity index (χ3n) is 6.37. The topological polar surface area (TPSA) is 54.0 Å². The Morgan fingerprint density at radius 2 is 1.90 bits per heavy atom. The zero-order valence-electron chi connectivity index (χ0n) is 17.4. The van der Waals surface area contributed by atoms with E-state index in [1.54, 1.807) is 0 Å². The van der Waals surface area contributed by atoms with Gasteiger partial charge in [0.15, 0.2) is 0 Å². The predicted octanol–water partition coefficient (Wildman–Crippen LogP) is 2.94. The third kappa shape index (κ3) is 4.02. The Balaban J connectivity index is 1.03. The second-order valence-corrected chi connectivity index (χ2v) is 8.29. The largest absolute Gasteiger partial charge is 0.494 e. The Bertz CT molecular complexity index is 922. The fourth-order valence-corrected chi connectivity index (χ4v) is 4.60. The van der Waals surface area contributed by atoms with Crippen LogP contribution in [-0.2, 0) is 24.5 Å². The van der Waals surface area contributed by atoms with E-state index in [0.29, 0.717) is 13.2 Å². The number of benzene rings is 2. The van der Waals surface area contributed by atoms with Gasteiger partial charge in [0.25, 0.3) is 5.91 Å². The average Bonchev–Trinajstić information content (AvgIpc) is 3.41. The summed E-state index contributed by atoms with van der Waals surface area (Å²) in [4.78, 5) is 16.8. The highest BCUT2D eigenvalue weighted by molar-refractivity contribution is 5.98. The van der Waals surface area contributed by atoms with Crippen LogP contribution >= 0.6 is 0 Å². The van der Waals surface area contributed by atoms with Crippen molar-refractivity contribution in [3.05, 3.63) is 58.7 Å². The Kier molecular flexibility index (Phi) is 5.60. The zero-order valence-corrected chi connectivity index (χ0v) is 17.4. The lowest BCUT2D eigenvalue weighted by Crippen LogP contribution is -2.47. The van der Waals surface area contributed by atoms with Crippen LogP contribution in [0.2, 0.25) is 0 Å². The Labute approximate surface area is 177 Å². The van der Waals surface area contributed by atoms with Crippen molar-refractivity contribution in [1.29, 1.82) is 0 Å². The lowest BCUT2D eigenvalue weighted by molar-refractivity contribution is 0.0965. The number of rotatable bonds is 7. The molecule has 1 N–H and O–H groups in total. The van der Waals surface area contributed by atoms with Gasteiger partial charge in [-0.25, -0.2) is 0 Å². The normalized spacial score (nSPS) is 18.3. The van der Waals surface area contributed by atoms with Crippen molar-refractivity contribution < 1.29 is 14.3 Å². The van der Waals surface area contributed by atoms with Crippen molar-refractivity contribution in [2.75, 3.05) is 44.2 Å². The molecule has 1 amide bonds. The highest BCUT2D eigenvalue weighted by atomic mass is 16.5. The van der Waals surface area contributed by atoms with Gasteiger partial charge in [0.1, 0.15) is 5.75 Å². The summed E-state index contributed by atoms with van der Waals surface area (Å²) in [5.41, 5.74) is 5.90. The average molecular weight is 408 g/mol. The highest BCUT2D eigenvalue weighted by Crippen LogP contribution is 2.30. The van der Waals surface area contributed by atoms with Gasteiger partial charge in [-0.2, -0.15) is 0 Å². The van der Waals surface area contributed by atoms with E-state index in [9.17, 15) is 4.79 Å². The lowest BCUT2D eigenvalue weighted by Gasteiger charge is -2.37. The number of carbonyl (C=O) groups excluding carboxylic acids is 1. The highest BCUT2D eigenvalue weighted by Gasteiger charge is 2.22. The Morgan fingerprint density at radius 3 is 2.80 bits per heavy atom. The third-order valence-corrected chi connectivity index (χ3v) is 6.37. The summed E-state index contributed by atoms with van der Waals surface area (Å²) >= 11 is 0. The van der Waals surface area contributed by atoms with Crippen LogP contribution in [0.1, 0.15) is 39.9 Å². The second-order valence-electron chi connectivity index (χ2n) is 8.29. The summed E-state index contributed by atoms with van der Waals surface area (Å²) < 4.78 is 11.5. The summed E-state index contributed by atoms with van der Waals surface area (Å²) in [5.74, 6) is 0.793. The lowest BCUT2D eigenvalue weighted by atomic mass is 10.1. The molecular formula is C24H29N3O3. The number of carbonyl (C=O) groups is 1. The molecule has 3 heterocycles. The van der Waals surface area contributed by atoms with E-state index in [-0.39, 0.29) is 5.91 Å². The molecule has 2 aromatic carbocycles. The van der Waals surface area contributed by atoms with Gasteiger partial charge < -0.3 is 19.7 Å². The molecule has 0 radical (unpaired) electrons. The molecule has 3 aliphatic heterocycles.